The minimum atomic E-state index is -0.262. The number of hydrogen-bond donors (Lipinski definition) is 0. The Labute approximate surface area is 134 Å². The highest BCUT2D eigenvalue weighted by atomic mass is 19.1. The fraction of sp³-hybridized carbons (Fsp3) is 0.294. The number of oxime groups is 1. The Morgan fingerprint density at radius 3 is 2.70 bits per heavy atom. The molecule has 120 valence electrons. The zero-order valence-electron chi connectivity index (χ0n) is 13.1. The van der Waals surface area contributed by atoms with Gasteiger partial charge in [0.25, 0.3) is 0 Å². The van der Waals surface area contributed by atoms with Gasteiger partial charge in [0.15, 0.2) is 0 Å². The van der Waals surface area contributed by atoms with Crippen molar-refractivity contribution in [1.82, 2.24) is 4.98 Å². The topological polar surface area (TPSA) is 47.0 Å². The first kappa shape index (κ1) is 15.4. The van der Waals surface area contributed by atoms with Crippen LogP contribution in [0.5, 0.6) is 0 Å². The van der Waals surface area contributed by atoms with Gasteiger partial charge in [-0.05, 0) is 12.1 Å². The molecule has 0 amide bonds. The summed E-state index contributed by atoms with van der Waals surface area (Å²) in [5.41, 5.74) is 2.80. The van der Waals surface area contributed by atoms with Gasteiger partial charge < -0.3 is 14.5 Å². The minimum Gasteiger partial charge on any atom is -0.399 e. The number of nitrogens with zero attached hydrogens (tertiary/aromatic N) is 3. The summed E-state index contributed by atoms with van der Waals surface area (Å²) < 4.78 is 19.5. The molecule has 1 aliphatic rings. The van der Waals surface area contributed by atoms with E-state index in [9.17, 15) is 4.39 Å². The standard InChI is InChI=1S/C17H18FN3O2/c1-22-11-13-4-3-5-15(17(13)18)12-6-7-16(19-8-12)21-9-14(10-21)20-23-2/h3-8H,9-11H2,1-2H3. The van der Waals surface area contributed by atoms with E-state index >= 15 is 0 Å². The molecule has 0 bridgehead atoms. The van der Waals surface area contributed by atoms with Crippen molar-refractivity contribution in [2.75, 3.05) is 32.2 Å². The second-order valence-corrected chi connectivity index (χ2v) is 5.31. The number of methoxy groups -OCH3 is 1. The molecule has 0 saturated carbocycles. The third-order valence-corrected chi connectivity index (χ3v) is 3.73. The minimum absolute atomic E-state index is 0.251. The quantitative estimate of drug-likeness (QED) is 0.796. The summed E-state index contributed by atoms with van der Waals surface area (Å²) >= 11 is 0. The van der Waals surface area contributed by atoms with E-state index in [2.05, 4.69) is 15.0 Å². The Hall–Kier alpha value is -2.47. The molecule has 2 aromatic rings. The smallest absolute Gasteiger partial charge is 0.136 e. The lowest BCUT2D eigenvalue weighted by atomic mass is 10.0. The van der Waals surface area contributed by atoms with Crippen LogP contribution in [0.2, 0.25) is 0 Å². The van der Waals surface area contributed by atoms with Crippen LogP contribution in [0.15, 0.2) is 41.7 Å². The molecule has 2 heterocycles. The van der Waals surface area contributed by atoms with Crippen molar-refractivity contribution in [3.05, 3.63) is 47.9 Å². The molecule has 0 aliphatic carbocycles. The normalized spacial score (nSPS) is 13.7. The fourth-order valence-corrected chi connectivity index (χ4v) is 2.55. The molecular formula is C17H18FN3O2. The van der Waals surface area contributed by atoms with Crippen LogP contribution in [0, 0.1) is 5.82 Å². The maximum atomic E-state index is 14.5. The highest BCUT2D eigenvalue weighted by molar-refractivity contribution is 5.99. The van der Waals surface area contributed by atoms with Crippen molar-refractivity contribution in [1.29, 1.82) is 0 Å². The van der Waals surface area contributed by atoms with Gasteiger partial charge >= 0.3 is 0 Å². The van der Waals surface area contributed by atoms with Crippen LogP contribution in [0.3, 0.4) is 0 Å². The zero-order chi connectivity index (χ0) is 16.2. The van der Waals surface area contributed by atoms with Crippen molar-refractivity contribution < 1.29 is 14.0 Å². The molecule has 6 heteroatoms. The molecule has 23 heavy (non-hydrogen) atoms. The van der Waals surface area contributed by atoms with Gasteiger partial charge in [-0.2, -0.15) is 0 Å². The third-order valence-electron chi connectivity index (χ3n) is 3.73. The van der Waals surface area contributed by atoms with Gasteiger partial charge in [0.05, 0.1) is 25.4 Å². The molecule has 5 nitrogen and oxygen atoms in total. The van der Waals surface area contributed by atoms with E-state index in [1.807, 2.05) is 18.2 Å². The van der Waals surface area contributed by atoms with Gasteiger partial charge in [0.1, 0.15) is 18.7 Å². The fourth-order valence-electron chi connectivity index (χ4n) is 2.55. The summed E-state index contributed by atoms with van der Waals surface area (Å²) in [7, 11) is 3.09. The van der Waals surface area contributed by atoms with E-state index in [0.717, 1.165) is 17.1 Å². The predicted molar refractivity (Wildman–Crippen MR) is 87.0 cm³/mol. The Balaban J connectivity index is 1.78. The maximum absolute atomic E-state index is 14.5. The molecule has 1 aromatic carbocycles. The number of aromatic nitrogens is 1. The number of rotatable bonds is 5. The summed E-state index contributed by atoms with van der Waals surface area (Å²) in [4.78, 5) is 11.2. The Morgan fingerprint density at radius 2 is 2.04 bits per heavy atom. The average Bonchev–Trinajstić information content (AvgIpc) is 2.53. The van der Waals surface area contributed by atoms with Gasteiger partial charge in [-0.25, -0.2) is 9.37 Å². The average molecular weight is 315 g/mol. The largest absolute Gasteiger partial charge is 0.399 e. The first-order valence-electron chi connectivity index (χ1n) is 7.29. The third kappa shape index (κ3) is 3.17. The van der Waals surface area contributed by atoms with E-state index in [0.29, 0.717) is 24.2 Å². The predicted octanol–water partition coefficient (Wildman–Crippen LogP) is 2.86. The molecule has 0 N–H and O–H groups in total. The van der Waals surface area contributed by atoms with Crippen molar-refractivity contribution in [3.8, 4) is 11.1 Å². The Kier molecular flexibility index (Phi) is 4.52. The first-order chi connectivity index (χ1) is 11.2. The summed E-state index contributed by atoms with van der Waals surface area (Å²) in [6.07, 6.45) is 1.69. The number of pyridine rings is 1. The van der Waals surface area contributed by atoms with Gasteiger partial charge in [-0.3, -0.25) is 0 Å². The van der Waals surface area contributed by atoms with E-state index in [1.54, 1.807) is 25.4 Å². The summed E-state index contributed by atoms with van der Waals surface area (Å²) in [5.74, 6) is 0.583. The molecule has 1 aromatic heterocycles. The lowest BCUT2D eigenvalue weighted by molar-refractivity contribution is 0.181. The monoisotopic (exact) mass is 315 g/mol. The second-order valence-electron chi connectivity index (χ2n) is 5.31. The number of hydrogen-bond acceptors (Lipinski definition) is 5. The molecule has 3 rings (SSSR count). The van der Waals surface area contributed by atoms with Crippen LogP contribution in [-0.2, 0) is 16.2 Å². The van der Waals surface area contributed by atoms with E-state index in [-0.39, 0.29) is 12.4 Å². The summed E-state index contributed by atoms with van der Waals surface area (Å²) in [5, 5.41) is 3.90. The number of ether oxygens (including phenoxy) is 1. The molecule has 0 spiro atoms. The molecule has 0 atom stereocenters. The maximum Gasteiger partial charge on any atom is 0.136 e. The Morgan fingerprint density at radius 1 is 1.22 bits per heavy atom. The number of anilines is 1. The van der Waals surface area contributed by atoms with Crippen molar-refractivity contribution in [2.45, 2.75) is 6.61 Å². The lowest BCUT2D eigenvalue weighted by Crippen LogP contribution is -2.48. The SMILES string of the molecule is COCc1cccc(-c2ccc(N3CC(=NOC)C3)nc2)c1F. The van der Waals surface area contributed by atoms with Crippen molar-refractivity contribution >= 4 is 11.5 Å². The Bertz CT molecular complexity index is 708. The highest BCUT2D eigenvalue weighted by Gasteiger charge is 2.23. The summed E-state index contributed by atoms with van der Waals surface area (Å²) in [6, 6.07) is 9.06. The van der Waals surface area contributed by atoms with Crippen molar-refractivity contribution in [2.24, 2.45) is 5.16 Å². The molecule has 1 fully saturated rings. The van der Waals surface area contributed by atoms with Gasteiger partial charge in [0.2, 0.25) is 0 Å². The zero-order valence-corrected chi connectivity index (χ0v) is 13.1. The van der Waals surface area contributed by atoms with E-state index < -0.39 is 0 Å². The van der Waals surface area contributed by atoms with Crippen LogP contribution < -0.4 is 4.90 Å². The summed E-state index contributed by atoms with van der Waals surface area (Å²) in [6.45, 7) is 1.66. The molecule has 1 saturated heterocycles. The van der Waals surface area contributed by atoms with Gasteiger partial charge in [-0.15, -0.1) is 0 Å². The molecular weight excluding hydrogens is 297 g/mol. The molecule has 1 aliphatic heterocycles. The van der Waals surface area contributed by atoms with E-state index in [1.165, 1.54) is 7.11 Å². The van der Waals surface area contributed by atoms with Crippen LogP contribution >= 0.6 is 0 Å². The van der Waals surface area contributed by atoms with Gasteiger partial charge in [-0.1, -0.05) is 23.4 Å². The van der Waals surface area contributed by atoms with Crippen LogP contribution in [0.4, 0.5) is 10.2 Å². The molecule has 0 radical (unpaired) electrons. The highest BCUT2D eigenvalue weighted by Crippen LogP contribution is 2.27. The van der Waals surface area contributed by atoms with Crippen LogP contribution in [0.1, 0.15) is 5.56 Å². The van der Waals surface area contributed by atoms with Crippen molar-refractivity contribution in [3.63, 3.8) is 0 Å². The second kappa shape index (κ2) is 6.75. The number of halogens is 1. The van der Waals surface area contributed by atoms with E-state index in [4.69, 9.17) is 9.57 Å². The number of benzene rings is 1. The lowest BCUT2D eigenvalue weighted by Gasteiger charge is -2.32. The van der Waals surface area contributed by atoms with Gasteiger partial charge in [0, 0.05) is 30.0 Å². The first-order valence-corrected chi connectivity index (χ1v) is 7.29. The van der Waals surface area contributed by atoms with Crippen LogP contribution in [0.25, 0.3) is 11.1 Å². The van der Waals surface area contributed by atoms with Crippen LogP contribution in [-0.4, -0.2) is 38.0 Å². The molecule has 0 unspecified atom stereocenters.